The van der Waals surface area contributed by atoms with Crippen LogP contribution in [0.1, 0.15) is 49.9 Å². The number of benzene rings is 6. The molecule has 16 aromatic rings. The molecular formula is C78H52N12. The van der Waals surface area contributed by atoms with Crippen LogP contribution in [0.15, 0.2) is 244 Å². The SMILES string of the molecule is CC1(C)c2ccccc2-c2ccc(-c3nc(-c4ccnc5c4ccc4cccnc45)cc(-c4ccnc5c4ccc4cccnc45)n3)cc21.CC1(C)c2ccccc2-c2ccc(-c3nc(-c4ccnc5ncccc45)cc(-c4ccnc5ncccc45)n3)cc21. The molecule has 0 saturated carbocycles. The largest absolute Gasteiger partial charge is 0.254 e. The fourth-order valence-corrected chi connectivity index (χ4v) is 13.8. The molecule has 0 spiro atoms. The van der Waals surface area contributed by atoms with Crippen molar-refractivity contribution in [1.82, 2.24) is 59.8 Å². The van der Waals surface area contributed by atoms with Crippen LogP contribution in [-0.4, -0.2) is 59.8 Å². The van der Waals surface area contributed by atoms with Crippen molar-refractivity contribution in [3.63, 3.8) is 0 Å². The lowest BCUT2D eigenvalue weighted by molar-refractivity contribution is 0.660. The van der Waals surface area contributed by atoms with Crippen molar-refractivity contribution < 1.29 is 0 Å². The van der Waals surface area contributed by atoms with Gasteiger partial charge in [-0.15, -0.1) is 0 Å². The second kappa shape index (κ2) is 20.4. The summed E-state index contributed by atoms with van der Waals surface area (Å²) in [4.78, 5) is 57.7. The molecule has 0 bridgehead atoms. The van der Waals surface area contributed by atoms with Crippen LogP contribution in [0, 0.1) is 0 Å². The highest BCUT2D eigenvalue weighted by Crippen LogP contribution is 2.51. The quantitative estimate of drug-likeness (QED) is 0.146. The molecule has 0 amide bonds. The fourth-order valence-electron chi connectivity index (χ4n) is 13.8. The summed E-state index contributed by atoms with van der Waals surface area (Å²) in [7, 11) is 0. The van der Waals surface area contributed by atoms with Gasteiger partial charge in [0.15, 0.2) is 22.9 Å². The highest BCUT2D eigenvalue weighted by Gasteiger charge is 2.37. The number of pyridine rings is 8. The summed E-state index contributed by atoms with van der Waals surface area (Å²) in [5.41, 5.74) is 23.9. The van der Waals surface area contributed by atoms with Gasteiger partial charge in [-0.05, 0) is 129 Å². The fraction of sp³-hybridized carbons (Fsp3) is 0.0769. The molecule has 90 heavy (non-hydrogen) atoms. The van der Waals surface area contributed by atoms with E-state index >= 15 is 0 Å². The van der Waals surface area contributed by atoms with E-state index in [0.29, 0.717) is 22.9 Å². The first-order valence-electron chi connectivity index (χ1n) is 30.1. The van der Waals surface area contributed by atoms with E-state index < -0.39 is 0 Å². The van der Waals surface area contributed by atoms with Crippen LogP contribution in [0.5, 0.6) is 0 Å². The summed E-state index contributed by atoms with van der Waals surface area (Å²) < 4.78 is 0. The Balaban J connectivity index is 0.000000141. The molecule has 2 aliphatic rings. The van der Waals surface area contributed by atoms with Gasteiger partial charge in [-0.1, -0.05) is 137 Å². The van der Waals surface area contributed by atoms with Crippen LogP contribution in [0.25, 0.3) is 156 Å². The first-order valence-corrected chi connectivity index (χ1v) is 30.1. The van der Waals surface area contributed by atoms with Crippen molar-refractivity contribution in [3.8, 4) is 90.1 Å². The van der Waals surface area contributed by atoms with Gasteiger partial charge in [0.2, 0.25) is 0 Å². The van der Waals surface area contributed by atoms with Gasteiger partial charge < -0.3 is 0 Å². The summed E-state index contributed by atoms with van der Waals surface area (Å²) in [6.07, 6.45) is 14.4. The lowest BCUT2D eigenvalue weighted by Gasteiger charge is -2.22. The van der Waals surface area contributed by atoms with Gasteiger partial charge in [0.05, 0.1) is 44.8 Å². The van der Waals surface area contributed by atoms with Crippen molar-refractivity contribution in [2.45, 2.75) is 38.5 Å². The Bertz CT molecular complexity index is 5420. The van der Waals surface area contributed by atoms with Crippen LogP contribution in [0.2, 0.25) is 0 Å². The number of nitrogens with zero attached hydrogens (tertiary/aromatic N) is 12. The predicted molar refractivity (Wildman–Crippen MR) is 359 cm³/mol. The van der Waals surface area contributed by atoms with Crippen molar-refractivity contribution >= 4 is 65.7 Å². The maximum absolute atomic E-state index is 5.29. The topological polar surface area (TPSA) is 155 Å². The van der Waals surface area contributed by atoms with E-state index in [2.05, 4.69) is 185 Å². The number of hydrogen-bond donors (Lipinski definition) is 0. The molecule has 10 heterocycles. The molecule has 0 N–H and O–H groups in total. The Labute approximate surface area is 517 Å². The van der Waals surface area contributed by atoms with Crippen molar-refractivity contribution in [2.75, 3.05) is 0 Å². The zero-order valence-electron chi connectivity index (χ0n) is 49.5. The maximum atomic E-state index is 5.29. The molecule has 6 aromatic carbocycles. The number of rotatable bonds is 6. The maximum Gasteiger partial charge on any atom is 0.160 e. The second-order valence-electron chi connectivity index (χ2n) is 24.0. The Morgan fingerprint density at radius 1 is 0.244 bits per heavy atom. The number of aromatic nitrogens is 12. The Morgan fingerprint density at radius 3 is 1.04 bits per heavy atom. The highest BCUT2D eigenvalue weighted by molar-refractivity contribution is 6.10. The normalized spacial score (nSPS) is 13.3. The van der Waals surface area contributed by atoms with Gasteiger partial charge in [-0.25, -0.2) is 39.9 Å². The lowest BCUT2D eigenvalue weighted by atomic mass is 9.82. The monoisotopic (exact) mass is 1160 g/mol. The molecule has 10 aromatic heterocycles. The molecule has 0 fully saturated rings. The third-order valence-corrected chi connectivity index (χ3v) is 18.2. The molecule has 0 aliphatic heterocycles. The number of hydrogen-bond acceptors (Lipinski definition) is 12. The number of fused-ring (bicyclic) bond motifs is 14. The summed E-state index contributed by atoms with van der Waals surface area (Å²) in [5, 5.41) is 5.97. The van der Waals surface area contributed by atoms with E-state index in [1.54, 1.807) is 24.8 Å². The molecule has 0 radical (unpaired) electrons. The minimum atomic E-state index is -0.146. The van der Waals surface area contributed by atoms with Crippen molar-refractivity contribution in [2.24, 2.45) is 0 Å². The molecule has 0 atom stereocenters. The average Bonchev–Trinajstić information content (AvgIpc) is 1.55. The van der Waals surface area contributed by atoms with E-state index in [0.717, 1.165) is 111 Å². The zero-order valence-corrected chi connectivity index (χ0v) is 49.5. The third kappa shape index (κ3) is 8.43. The summed E-state index contributed by atoms with van der Waals surface area (Å²) in [6.45, 7) is 9.17. The van der Waals surface area contributed by atoms with E-state index in [9.17, 15) is 0 Å². The molecule has 0 saturated heterocycles. The standard InChI is InChI=1S/C43H28N6.C35H24N6/c1-43(2)34-10-4-3-9-28(34)29-14-13-27(23-35(29)43)42-48-36(30-17-21-46-40-32(30)15-11-25-7-5-19-44-38(25)40)24-37(49-42)31-18-22-47-41-33(31)16-12-26-8-6-20-45-39(26)41;1-35(2)28-10-4-3-7-22(28)23-12-11-21(19-29(23)35)32-40-30(24-13-17-38-33-26(24)8-5-15-36-33)20-31(41-32)25-14-18-39-34-27(25)9-6-16-37-34/h3-24H,1-2H3;3-20H,1-2H3. The Hall–Kier alpha value is -11.8. The van der Waals surface area contributed by atoms with Crippen LogP contribution < -0.4 is 0 Å². The van der Waals surface area contributed by atoms with Gasteiger partial charge in [-0.3, -0.25) is 19.9 Å². The van der Waals surface area contributed by atoms with E-state index in [4.69, 9.17) is 29.9 Å². The average molecular weight is 1160 g/mol. The van der Waals surface area contributed by atoms with Crippen molar-refractivity contribution in [3.05, 3.63) is 266 Å². The van der Waals surface area contributed by atoms with Gasteiger partial charge in [0.25, 0.3) is 0 Å². The van der Waals surface area contributed by atoms with Crippen LogP contribution in [-0.2, 0) is 10.8 Å². The zero-order chi connectivity index (χ0) is 60.2. The van der Waals surface area contributed by atoms with Gasteiger partial charge in [0.1, 0.15) is 0 Å². The highest BCUT2D eigenvalue weighted by atomic mass is 14.9. The van der Waals surface area contributed by atoms with E-state index in [-0.39, 0.29) is 10.8 Å². The van der Waals surface area contributed by atoms with Gasteiger partial charge >= 0.3 is 0 Å². The molecule has 12 heteroatoms. The predicted octanol–water partition coefficient (Wildman–Crippen LogP) is 17.6. The van der Waals surface area contributed by atoms with Gasteiger partial charge in [0, 0.05) is 126 Å². The summed E-state index contributed by atoms with van der Waals surface area (Å²) in [5.74, 6) is 1.32. The smallest absolute Gasteiger partial charge is 0.160 e. The van der Waals surface area contributed by atoms with Crippen molar-refractivity contribution in [1.29, 1.82) is 0 Å². The van der Waals surface area contributed by atoms with E-state index in [1.807, 2.05) is 91.5 Å². The molecule has 2 aliphatic carbocycles. The van der Waals surface area contributed by atoms with Crippen LogP contribution >= 0.6 is 0 Å². The molecule has 18 rings (SSSR count). The molecule has 424 valence electrons. The Kier molecular flexibility index (Phi) is 11.9. The first-order chi connectivity index (χ1) is 44.1. The molecule has 0 unspecified atom stereocenters. The van der Waals surface area contributed by atoms with Gasteiger partial charge in [-0.2, -0.15) is 0 Å². The first kappa shape index (κ1) is 52.6. The lowest BCUT2D eigenvalue weighted by Crippen LogP contribution is -2.15. The minimum absolute atomic E-state index is 0.123. The Morgan fingerprint density at radius 2 is 0.600 bits per heavy atom. The van der Waals surface area contributed by atoms with E-state index in [1.165, 1.54) is 44.5 Å². The summed E-state index contributed by atoms with van der Waals surface area (Å²) in [6, 6.07) is 67.3. The molecule has 12 nitrogen and oxygen atoms in total. The molecular weight excluding hydrogens is 1100 g/mol. The second-order valence-corrected chi connectivity index (χ2v) is 24.0. The summed E-state index contributed by atoms with van der Waals surface area (Å²) >= 11 is 0. The minimum Gasteiger partial charge on any atom is -0.254 e. The van der Waals surface area contributed by atoms with Crippen LogP contribution in [0.3, 0.4) is 0 Å². The van der Waals surface area contributed by atoms with Crippen LogP contribution in [0.4, 0.5) is 0 Å². The third-order valence-electron chi connectivity index (χ3n) is 18.2.